The molecule has 2 aromatic carbocycles. The van der Waals surface area contributed by atoms with Crippen LogP contribution in [0.25, 0.3) is 0 Å². The Balaban J connectivity index is 1.51. The second-order valence-corrected chi connectivity index (χ2v) is 7.88. The van der Waals surface area contributed by atoms with Gasteiger partial charge in [0.1, 0.15) is 11.6 Å². The fourth-order valence-corrected chi connectivity index (χ4v) is 4.34. The molecule has 3 heterocycles. The van der Waals surface area contributed by atoms with Gasteiger partial charge in [0.05, 0.1) is 12.2 Å². The zero-order valence-corrected chi connectivity index (χ0v) is 17.0. The van der Waals surface area contributed by atoms with Crippen molar-refractivity contribution in [2.75, 3.05) is 16.8 Å². The minimum Gasteiger partial charge on any atom is -0.477 e. The molecule has 3 aromatic rings. The highest BCUT2D eigenvalue weighted by Gasteiger charge is 2.34. The lowest BCUT2D eigenvalue weighted by Crippen LogP contribution is -2.32. The van der Waals surface area contributed by atoms with E-state index in [0.29, 0.717) is 49.1 Å². The van der Waals surface area contributed by atoms with Gasteiger partial charge in [0.2, 0.25) is 11.8 Å². The molecule has 2 aliphatic heterocycles. The van der Waals surface area contributed by atoms with Gasteiger partial charge in [0.25, 0.3) is 0 Å². The van der Waals surface area contributed by atoms with Crippen LogP contribution >= 0.6 is 0 Å². The summed E-state index contributed by atoms with van der Waals surface area (Å²) in [5.74, 6) is 1.42. The zero-order valence-electron chi connectivity index (χ0n) is 17.0. The van der Waals surface area contributed by atoms with Gasteiger partial charge in [-0.2, -0.15) is 9.97 Å². The number of aromatic nitrogens is 2. The van der Waals surface area contributed by atoms with Gasteiger partial charge < -0.3 is 25.0 Å². The number of halogens is 1. The molecule has 9 heteroatoms. The molecule has 158 valence electrons. The maximum absolute atomic E-state index is 13.5. The molecule has 0 saturated heterocycles. The Morgan fingerprint density at radius 3 is 2.84 bits per heavy atom. The summed E-state index contributed by atoms with van der Waals surface area (Å²) >= 11 is 0. The third kappa shape index (κ3) is 3.60. The van der Waals surface area contributed by atoms with Crippen molar-refractivity contribution in [3.63, 3.8) is 0 Å². The van der Waals surface area contributed by atoms with E-state index in [1.165, 1.54) is 12.1 Å². The first kappa shape index (κ1) is 19.8. The molecule has 0 amide bonds. The summed E-state index contributed by atoms with van der Waals surface area (Å²) in [5, 5.41) is 22.8. The quantitative estimate of drug-likeness (QED) is 0.544. The predicted molar refractivity (Wildman–Crippen MR) is 117 cm³/mol. The van der Waals surface area contributed by atoms with Gasteiger partial charge in [-0.05, 0) is 48.1 Å². The normalized spacial score (nSPS) is 16.6. The van der Waals surface area contributed by atoms with Crippen LogP contribution < -0.4 is 20.4 Å². The van der Waals surface area contributed by atoms with Crippen LogP contribution in [0.1, 0.15) is 23.6 Å². The van der Waals surface area contributed by atoms with Gasteiger partial charge in [-0.1, -0.05) is 24.3 Å². The number of anilines is 3. The standard InChI is InChI=1S/C22H22BFN4O3/c1-13-10-17-18(23(29)30)6-3-7-19(17)28(13)22-26-20(16-8-9-31-21(16)27-22)25-12-14-4-2-5-15(24)11-14/h2-7,11,13,29-30H,8-10,12H2,1H3,(H,25,26,27). The summed E-state index contributed by atoms with van der Waals surface area (Å²) in [5.41, 5.74) is 3.95. The highest BCUT2D eigenvalue weighted by atomic mass is 19.1. The summed E-state index contributed by atoms with van der Waals surface area (Å²) in [4.78, 5) is 11.4. The van der Waals surface area contributed by atoms with Crippen LogP contribution in [-0.4, -0.2) is 39.8 Å². The lowest BCUT2D eigenvalue weighted by molar-refractivity contribution is 0.344. The highest BCUT2D eigenvalue weighted by Crippen LogP contribution is 2.39. The number of hydrogen-bond donors (Lipinski definition) is 3. The Morgan fingerprint density at radius 2 is 2.03 bits per heavy atom. The van der Waals surface area contributed by atoms with E-state index >= 15 is 0 Å². The van der Waals surface area contributed by atoms with Crippen molar-refractivity contribution < 1.29 is 19.2 Å². The summed E-state index contributed by atoms with van der Waals surface area (Å²) in [6, 6.07) is 11.9. The second-order valence-electron chi connectivity index (χ2n) is 7.88. The van der Waals surface area contributed by atoms with Gasteiger partial charge in [0, 0.05) is 24.7 Å². The van der Waals surface area contributed by atoms with Crippen LogP contribution in [0.5, 0.6) is 5.88 Å². The van der Waals surface area contributed by atoms with Crippen molar-refractivity contribution in [1.82, 2.24) is 9.97 Å². The molecular formula is C22H22BFN4O3. The van der Waals surface area contributed by atoms with E-state index in [1.54, 1.807) is 18.2 Å². The number of rotatable bonds is 5. The largest absolute Gasteiger partial charge is 0.488 e. The highest BCUT2D eigenvalue weighted by molar-refractivity contribution is 6.59. The average Bonchev–Trinajstić information content (AvgIpc) is 3.35. The van der Waals surface area contributed by atoms with Crippen LogP contribution in [-0.2, 0) is 19.4 Å². The summed E-state index contributed by atoms with van der Waals surface area (Å²) in [6.45, 7) is 3.01. The van der Waals surface area contributed by atoms with Crippen LogP contribution in [0.3, 0.4) is 0 Å². The van der Waals surface area contributed by atoms with E-state index < -0.39 is 7.12 Å². The molecule has 0 fully saturated rings. The summed E-state index contributed by atoms with van der Waals surface area (Å²) < 4.78 is 19.3. The number of nitrogens with one attached hydrogen (secondary N) is 1. The molecule has 7 nitrogen and oxygen atoms in total. The van der Waals surface area contributed by atoms with E-state index in [2.05, 4.69) is 10.3 Å². The molecule has 0 saturated carbocycles. The molecule has 1 atom stereocenters. The minimum absolute atomic E-state index is 0.0328. The van der Waals surface area contributed by atoms with Crippen LogP contribution in [0.4, 0.5) is 21.8 Å². The summed E-state index contributed by atoms with van der Waals surface area (Å²) in [6.07, 6.45) is 1.35. The molecule has 1 aromatic heterocycles. The molecule has 0 radical (unpaired) electrons. The molecule has 0 aliphatic carbocycles. The molecule has 1 unspecified atom stereocenters. The van der Waals surface area contributed by atoms with Gasteiger partial charge in [-0.15, -0.1) is 0 Å². The third-order valence-corrected chi connectivity index (χ3v) is 5.78. The van der Waals surface area contributed by atoms with Crippen LogP contribution in [0.2, 0.25) is 0 Å². The first-order valence-corrected chi connectivity index (χ1v) is 10.3. The first-order valence-electron chi connectivity index (χ1n) is 10.3. The van der Waals surface area contributed by atoms with Crippen molar-refractivity contribution >= 4 is 30.0 Å². The fraction of sp³-hybridized carbons (Fsp3) is 0.273. The number of hydrogen-bond acceptors (Lipinski definition) is 7. The minimum atomic E-state index is -1.53. The predicted octanol–water partition coefficient (Wildman–Crippen LogP) is 1.93. The van der Waals surface area contributed by atoms with Crippen molar-refractivity contribution in [2.24, 2.45) is 0 Å². The number of nitrogens with zero attached hydrogens (tertiary/aromatic N) is 3. The third-order valence-electron chi connectivity index (χ3n) is 5.78. The molecule has 0 spiro atoms. The molecule has 2 aliphatic rings. The number of fused-ring (bicyclic) bond motifs is 2. The van der Waals surface area contributed by atoms with Crippen molar-refractivity contribution in [1.29, 1.82) is 0 Å². The van der Waals surface area contributed by atoms with Crippen molar-refractivity contribution in [2.45, 2.75) is 32.4 Å². The van der Waals surface area contributed by atoms with Crippen molar-refractivity contribution in [3.05, 3.63) is 65.0 Å². The van der Waals surface area contributed by atoms with Crippen molar-refractivity contribution in [3.8, 4) is 5.88 Å². The smallest absolute Gasteiger partial charge is 0.477 e. The van der Waals surface area contributed by atoms with Gasteiger partial charge in [0.15, 0.2) is 0 Å². The maximum Gasteiger partial charge on any atom is 0.488 e. The van der Waals surface area contributed by atoms with Crippen LogP contribution in [0.15, 0.2) is 42.5 Å². The fourth-order valence-electron chi connectivity index (χ4n) is 4.34. The second kappa shape index (κ2) is 7.83. The van der Waals surface area contributed by atoms with E-state index in [0.717, 1.165) is 22.4 Å². The molecule has 5 rings (SSSR count). The maximum atomic E-state index is 13.5. The first-order chi connectivity index (χ1) is 15.0. The Hall–Kier alpha value is -3.17. The number of benzene rings is 2. The topological polar surface area (TPSA) is 90.7 Å². The van der Waals surface area contributed by atoms with Gasteiger partial charge >= 0.3 is 7.12 Å². The lowest BCUT2D eigenvalue weighted by Gasteiger charge is -2.24. The Morgan fingerprint density at radius 1 is 1.19 bits per heavy atom. The Bertz CT molecular complexity index is 1140. The number of ether oxygens (including phenoxy) is 1. The molecule has 3 N–H and O–H groups in total. The average molecular weight is 420 g/mol. The van der Waals surface area contributed by atoms with Crippen LogP contribution in [0, 0.1) is 5.82 Å². The molecular weight excluding hydrogens is 398 g/mol. The van der Waals surface area contributed by atoms with Gasteiger partial charge in [-0.25, -0.2) is 4.39 Å². The van der Waals surface area contributed by atoms with E-state index in [9.17, 15) is 14.4 Å². The molecule has 0 bridgehead atoms. The Labute approximate surface area is 179 Å². The SMILES string of the molecule is CC1Cc2c(B(O)O)cccc2N1c1nc(NCc2cccc(F)c2)c2c(n1)OCC2. The monoisotopic (exact) mass is 420 g/mol. The van der Waals surface area contributed by atoms with E-state index in [-0.39, 0.29) is 11.9 Å². The zero-order chi connectivity index (χ0) is 21.5. The molecule has 31 heavy (non-hydrogen) atoms. The van der Waals surface area contributed by atoms with E-state index in [1.807, 2.05) is 24.0 Å². The van der Waals surface area contributed by atoms with Gasteiger partial charge in [-0.3, -0.25) is 0 Å². The Kier molecular flexibility index (Phi) is 4.99. The summed E-state index contributed by atoms with van der Waals surface area (Å²) in [7, 11) is -1.53. The lowest BCUT2D eigenvalue weighted by atomic mass is 9.76. The van der Waals surface area contributed by atoms with E-state index in [4.69, 9.17) is 9.72 Å².